The Hall–Kier alpha value is -8.35. The van der Waals surface area contributed by atoms with Crippen LogP contribution in [0, 0.1) is 14.9 Å². The third-order valence-electron chi connectivity index (χ3n) is 12.1. The Morgan fingerprint density at radius 2 is 0.882 bits per heavy atom. The monoisotopic (exact) mass is 1290 g/mol. The summed E-state index contributed by atoms with van der Waals surface area (Å²) >= 11 is 2.12. The highest BCUT2D eigenvalue weighted by atomic mass is 127. The number of hydrogen-bond donors (Lipinski definition) is 3. The molecule has 0 spiro atoms. The first kappa shape index (κ1) is 74.7. The number of rotatable bonds is 15. The van der Waals surface area contributed by atoms with Crippen LogP contribution in [0.5, 0.6) is 23.0 Å². The lowest BCUT2D eigenvalue weighted by molar-refractivity contribution is -0.132. The van der Waals surface area contributed by atoms with Crippen molar-refractivity contribution >= 4 is 88.3 Å². The van der Waals surface area contributed by atoms with Crippen LogP contribution >= 0.6 is 22.6 Å². The summed E-state index contributed by atoms with van der Waals surface area (Å²) in [5, 5.41) is 19.4. The lowest BCUT2D eigenvalue weighted by Crippen LogP contribution is -2.40. The van der Waals surface area contributed by atoms with E-state index in [0.29, 0.717) is 51.2 Å². The number of likely N-dealkylation sites (tertiary alicyclic amines) is 1. The first-order chi connectivity index (χ1) is 40.3. The molecule has 2 aliphatic heterocycles. The molecule has 462 valence electrons. The maximum atomic E-state index is 12.2. The number of amides is 1. The number of piperazine rings is 1. The number of ether oxygens (including phenoxy) is 8. The van der Waals surface area contributed by atoms with Crippen LogP contribution in [0.2, 0.25) is 0 Å². The maximum Gasteiger partial charge on any atom is 0.341 e. The van der Waals surface area contributed by atoms with Gasteiger partial charge in [-0.2, -0.15) is 0 Å². The first-order valence-electron chi connectivity index (χ1n) is 26.3. The third-order valence-corrected chi connectivity index (χ3v) is 12.7. The molecule has 2 aliphatic rings. The smallest absolute Gasteiger partial charge is 0.341 e. The zero-order valence-electron chi connectivity index (χ0n) is 50.6. The van der Waals surface area contributed by atoms with Crippen LogP contribution in [0.25, 0.3) is 18.2 Å². The average molecular weight is 1290 g/mol. The van der Waals surface area contributed by atoms with Crippen LogP contribution in [0.4, 0.5) is 0 Å². The summed E-state index contributed by atoms with van der Waals surface area (Å²) in [6.45, 7) is 17.1. The first-order valence-corrected chi connectivity index (χ1v) is 27.4. The fourth-order valence-electron chi connectivity index (χ4n) is 7.11. The molecule has 0 aliphatic carbocycles. The van der Waals surface area contributed by atoms with Crippen molar-refractivity contribution in [3.8, 4) is 23.0 Å². The number of nitrogens with one attached hydrogen (secondary N) is 1. The molecule has 0 atom stereocenters. The van der Waals surface area contributed by atoms with E-state index in [2.05, 4.69) is 62.8 Å². The minimum atomic E-state index is -1.06. The molecule has 85 heavy (non-hydrogen) atoms. The minimum Gasteiger partial charge on any atom is -0.496 e. The Morgan fingerprint density at radius 1 is 0.541 bits per heavy atom. The van der Waals surface area contributed by atoms with Gasteiger partial charge in [-0.15, -0.1) is 0 Å². The van der Waals surface area contributed by atoms with Crippen molar-refractivity contribution in [2.45, 2.75) is 40.5 Å². The molecular weight excluding hydrogens is 1210 g/mol. The maximum absolute atomic E-state index is 12.2. The van der Waals surface area contributed by atoms with Crippen molar-refractivity contribution in [2.24, 2.45) is 11.3 Å². The summed E-state index contributed by atoms with van der Waals surface area (Å²) in [5.74, 6) is -1.37. The van der Waals surface area contributed by atoms with Gasteiger partial charge in [0, 0.05) is 66.5 Å². The Labute approximate surface area is 511 Å². The molecule has 0 saturated carbocycles. The van der Waals surface area contributed by atoms with Crippen molar-refractivity contribution in [1.82, 2.24) is 15.1 Å². The van der Waals surface area contributed by atoms with Crippen LogP contribution in [-0.2, 0) is 38.1 Å². The second-order valence-corrected chi connectivity index (χ2v) is 20.5. The number of halogens is 1. The number of carboxylic acids is 2. The summed E-state index contributed by atoms with van der Waals surface area (Å²) in [6, 6.07) is 20.3. The molecule has 6 rings (SSSR count). The number of nitrogens with zero attached hydrogens (tertiary/aromatic N) is 2. The second kappa shape index (κ2) is 40.0. The molecule has 0 bridgehead atoms. The number of piperidine rings is 1. The fourth-order valence-corrected chi connectivity index (χ4v) is 7.61. The molecule has 2 saturated heterocycles. The van der Waals surface area contributed by atoms with Gasteiger partial charge in [0.25, 0.3) is 0 Å². The second-order valence-electron chi connectivity index (χ2n) is 19.2. The Kier molecular flexibility index (Phi) is 35.1. The molecule has 2 heterocycles. The number of hydrogen-bond acceptors (Lipinski definition) is 18. The third kappa shape index (κ3) is 28.2. The van der Waals surface area contributed by atoms with E-state index in [0.717, 1.165) is 65.9 Å². The van der Waals surface area contributed by atoms with E-state index in [4.69, 9.17) is 38.6 Å². The van der Waals surface area contributed by atoms with Crippen molar-refractivity contribution in [1.29, 1.82) is 0 Å². The minimum absolute atomic E-state index is 0.00679. The summed E-state index contributed by atoms with van der Waals surface area (Å²) in [7, 11) is 13.4. The van der Waals surface area contributed by atoms with Gasteiger partial charge in [0.05, 0.1) is 56.9 Å². The van der Waals surface area contributed by atoms with Crippen LogP contribution in [0.3, 0.4) is 0 Å². The summed E-state index contributed by atoms with van der Waals surface area (Å²) in [5.41, 5.74) is 3.03. The zero-order chi connectivity index (χ0) is 64.2. The standard InChI is InChI=1S/C18H23NO4.C16H20O4.C12H12O5.C9H9IO3.C5H12N2.C3H4O2/c1-13-8-10-19(11-9-13)17(20)7-5-14-4-6-16(22-2)15(12-14)18(21)23-3;1-16(2,3)14(17)9-7-11-6-8-13(19-4)12(10-11)15(18)20-5;1-16-10-5-3-8(4-6-11(13)14)7-9(10)12(15)17-2;1-12-8-4-3-6(10)5-7(8)9(11)13-2;1-7-4-2-6-3-5-7;1-2-3(4)5/h4-7,12-13H,8-11H2,1-3H3;6-10H,1-5H3;3-7H,1-2H3,(H,13,14);3-5H,1-2H3;6H,2-5H2,1H3;2H,1H2,(H,4,5)/b7-5+;9-7+;6-4+;;;. The molecule has 0 aromatic heterocycles. The predicted octanol–water partition coefficient (Wildman–Crippen LogP) is 9.31. The molecule has 2 fully saturated rings. The fraction of sp³-hybridized carbons (Fsp3) is 0.365. The number of aliphatic carboxylic acids is 2. The SMILES string of the molecule is C=CC(=O)O.CN1CCNCC1.COC(=O)c1cc(/C=C/C(=O)C(C)(C)C)ccc1OC.COC(=O)c1cc(/C=C/C(=O)N2CCC(C)CC2)ccc1OC.COC(=O)c1cc(/C=C/C(=O)O)ccc1OC.COC(=O)c1cc(I)ccc1OC. The number of ketones is 1. The highest BCUT2D eigenvalue weighted by Gasteiger charge is 2.21. The number of carbonyl (C=O) groups excluding carboxylic acids is 6. The normalized spacial score (nSPS) is 12.9. The van der Waals surface area contributed by atoms with E-state index < -0.39 is 35.3 Å². The van der Waals surface area contributed by atoms with E-state index in [-0.39, 0.29) is 23.2 Å². The van der Waals surface area contributed by atoms with Gasteiger partial charge in [-0.25, -0.2) is 28.8 Å². The van der Waals surface area contributed by atoms with E-state index in [9.17, 15) is 38.4 Å². The van der Waals surface area contributed by atoms with Crippen LogP contribution < -0.4 is 24.3 Å². The Morgan fingerprint density at radius 3 is 1.19 bits per heavy atom. The van der Waals surface area contributed by atoms with E-state index in [1.807, 2.05) is 31.7 Å². The van der Waals surface area contributed by atoms with Crippen molar-refractivity contribution in [3.05, 3.63) is 146 Å². The molecule has 0 unspecified atom stereocenters. The van der Waals surface area contributed by atoms with Crippen LogP contribution in [-0.4, -0.2) is 171 Å². The molecule has 0 radical (unpaired) electrons. The van der Waals surface area contributed by atoms with Gasteiger partial charge in [0.2, 0.25) is 5.91 Å². The van der Waals surface area contributed by atoms with Gasteiger partial charge in [0.15, 0.2) is 5.78 Å². The number of likely N-dealkylation sites (N-methyl/N-ethyl adjacent to an activating group) is 1. The number of carboxylic acid groups (broad SMARTS) is 2. The molecule has 21 nitrogen and oxygen atoms in total. The van der Waals surface area contributed by atoms with Crippen LogP contribution in [0.1, 0.15) is 98.7 Å². The number of methoxy groups -OCH3 is 8. The molecule has 4 aromatic rings. The summed E-state index contributed by atoms with van der Waals surface area (Å²) < 4.78 is 39.9. The van der Waals surface area contributed by atoms with Gasteiger partial charge in [-0.05, 0) is 138 Å². The van der Waals surface area contributed by atoms with Gasteiger partial charge in [-0.1, -0.05) is 58.5 Å². The van der Waals surface area contributed by atoms with Gasteiger partial charge in [-0.3, -0.25) is 9.59 Å². The van der Waals surface area contributed by atoms with Crippen molar-refractivity contribution < 1.29 is 86.5 Å². The number of esters is 4. The van der Waals surface area contributed by atoms with Crippen LogP contribution in [0.15, 0.2) is 104 Å². The van der Waals surface area contributed by atoms with E-state index in [1.165, 1.54) is 88.2 Å². The number of allylic oxidation sites excluding steroid dienone is 1. The average Bonchev–Trinajstić information content (AvgIpc) is 3.69. The largest absolute Gasteiger partial charge is 0.496 e. The lowest BCUT2D eigenvalue weighted by Gasteiger charge is -2.29. The topological polar surface area (TPSA) is 269 Å². The predicted molar refractivity (Wildman–Crippen MR) is 332 cm³/mol. The summed E-state index contributed by atoms with van der Waals surface area (Å²) in [6.07, 6.45) is 11.8. The Bertz CT molecular complexity index is 2950. The molecule has 3 N–H and O–H groups in total. The Balaban J connectivity index is 0.000000538. The lowest BCUT2D eigenvalue weighted by atomic mass is 9.90. The molecule has 4 aromatic carbocycles. The highest BCUT2D eigenvalue weighted by Crippen LogP contribution is 2.26. The highest BCUT2D eigenvalue weighted by molar-refractivity contribution is 14.1. The molecular formula is C63H80IN3O18. The number of carbonyl (C=O) groups is 8. The van der Waals surface area contributed by atoms with Crippen molar-refractivity contribution in [2.75, 3.05) is 103 Å². The van der Waals surface area contributed by atoms with E-state index >= 15 is 0 Å². The van der Waals surface area contributed by atoms with Crippen molar-refractivity contribution in [3.63, 3.8) is 0 Å². The van der Waals surface area contributed by atoms with Gasteiger partial charge in [0.1, 0.15) is 45.3 Å². The van der Waals surface area contributed by atoms with E-state index in [1.54, 1.807) is 78.9 Å². The molecule has 1 amide bonds. The molecule has 22 heteroatoms. The quantitative estimate of drug-likeness (QED) is 0.0433. The number of benzene rings is 4. The van der Waals surface area contributed by atoms with Gasteiger partial charge < -0.3 is 63.2 Å². The van der Waals surface area contributed by atoms with Gasteiger partial charge >= 0.3 is 35.8 Å². The summed E-state index contributed by atoms with van der Waals surface area (Å²) in [4.78, 5) is 93.9. The zero-order valence-corrected chi connectivity index (χ0v) is 52.8.